The summed E-state index contributed by atoms with van der Waals surface area (Å²) in [6, 6.07) is 14.2. The Morgan fingerprint density at radius 2 is 2.04 bits per heavy atom. The van der Waals surface area contributed by atoms with Gasteiger partial charge < -0.3 is 5.32 Å². The lowest BCUT2D eigenvalue weighted by Crippen LogP contribution is -2.25. The number of thiophene rings is 1. The first-order valence-electron chi connectivity index (χ1n) is 7.72. The molecule has 0 aliphatic rings. The van der Waals surface area contributed by atoms with E-state index in [9.17, 15) is 4.79 Å². The molecule has 0 saturated carbocycles. The fourth-order valence-corrected chi connectivity index (χ4v) is 4.03. The maximum absolute atomic E-state index is 12.0. The lowest BCUT2D eigenvalue weighted by Gasteiger charge is -2.11. The third-order valence-electron chi connectivity index (χ3n) is 3.54. The molecule has 2 aromatic heterocycles. The zero-order valence-electron chi connectivity index (χ0n) is 13.2. The summed E-state index contributed by atoms with van der Waals surface area (Å²) < 4.78 is 1.89. The predicted molar refractivity (Wildman–Crippen MR) is 100 cm³/mol. The summed E-state index contributed by atoms with van der Waals surface area (Å²) in [6.07, 6.45) is 3.71. The van der Waals surface area contributed by atoms with E-state index in [0.717, 1.165) is 11.3 Å². The topological polar surface area (TPSA) is 46.9 Å². The molecule has 2 heterocycles. The average Bonchev–Trinajstić information content (AvgIpc) is 3.28. The minimum atomic E-state index is 0.0745. The van der Waals surface area contributed by atoms with Crippen LogP contribution in [0, 0.1) is 0 Å². The molecule has 0 aliphatic carbocycles. The molecule has 6 heteroatoms. The second-order valence-corrected chi connectivity index (χ2v) is 7.34. The van der Waals surface area contributed by atoms with Gasteiger partial charge in [0.05, 0.1) is 12.3 Å². The molecule has 0 radical (unpaired) electrons. The van der Waals surface area contributed by atoms with Crippen LogP contribution in [-0.4, -0.2) is 21.4 Å². The standard InChI is InChI=1S/C18H19N3OS2/c22-18(14-23-13-17-7-3-10-24-17)19-11-15-5-1-2-6-16(15)12-21-9-4-8-20-21/h1-10H,11-14H2,(H,19,22). The van der Waals surface area contributed by atoms with Crippen LogP contribution in [0.15, 0.2) is 60.2 Å². The number of nitrogens with zero attached hydrogens (tertiary/aromatic N) is 2. The highest BCUT2D eigenvalue weighted by molar-refractivity contribution is 7.99. The molecular formula is C18H19N3OS2. The Morgan fingerprint density at radius 1 is 1.17 bits per heavy atom. The fraction of sp³-hybridized carbons (Fsp3) is 0.222. The molecule has 0 saturated heterocycles. The second-order valence-electron chi connectivity index (χ2n) is 5.32. The maximum atomic E-state index is 12.0. The molecule has 1 aromatic carbocycles. The minimum absolute atomic E-state index is 0.0745. The van der Waals surface area contributed by atoms with Crippen molar-refractivity contribution in [3.63, 3.8) is 0 Å². The smallest absolute Gasteiger partial charge is 0.230 e. The number of carbonyl (C=O) groups is 1. The highest BCUT2D eigenvalue weighted by Crippen LogP contribution is 2.17. The van der Waals surface area contributed by atoms with Crippen LogP contribution in [0.1, 0.15) is 16.0 Å². The Morgan fingerprint density at radius 3 is 2.79 bits per heavy atom. The van der Waals surface area contributed by atoms with Gasteiger partial charge in [0.1, 0.15) is 0 Å². The van der Waals surface area contributed by atoms with Crippen molar-refractivity contribution in [3.05, 3.63) is 76.2 Å². The molecule has 24 heavy (non-hydrogen) atoms. The normalized spacial score (nSPS) is 10.7. The third kappa shape index (κ3) is 4.97. The third-order valence-corrected chi connectivity index (χ3v) is 5.58. The van der Waals surface area contributed by atoms with Gasteiger partial charge in [0.25, 0.3) is 0 Å². The molecule has 0 fully saturated rings. The van der Waals surface area contributed by atoms with Gasteiger partial charge in [-0.15, -0.1) is 23.1 Å². The number of rotatable bonds is 8. The van der Waals surface area contributed by atoms with E-state index in [1.807, 2.05) is 35.1 Å². The molecule has 1 N–H and O–H groups in total. The molecule has 0 bridgehead atoms. The molecular weight excluding hydrogens is 338 g/mol. The Bertz CT molecular complexity index is 754. The van der Waals surface area contributed by atoms with Crippen LogP contribution in [0.25, 0.3) is 0 Å². The Balaban J connectivity index is 1.48. The largest absolute Gasteiger partial charge is 0.351 e. The minimum Gasteiger partial charge on any atom is -0.351 e. The van der Waals surface area contributed by atoms with Crippen molar-refractivity contribution in [2.75, 3.05) is 5.75 Å². The van der Waals surface area contributed by atoms with Crippen molar-refractivity contribution in [2.45, 2.75) is 18.8 Å². The van der Waals surface area contributed by atoms with E-state index in [1.54, 1.807) is 29.3 Å². The van der Waals surface area contributed by atoms with Gasteiger partial charge in [0, 0.05) is 29.6 Å². The van der Waals surface area contributed by atoms with E-state index >= 15 is 0 Å². The van der Waals surface area contributed by atoms with E-state index in [-0.39, 0.29) is 5.91 Å². The van der Waals surface area contributed by atoms with Gasteiger partial charge in [-0.3, -0.25) is 9.48 Å². The van der Waals surface area contributed by atoms with Gasteiger partial charge in [-0.05, 0) is 28.6 Å². The molecule has 4 nitrogen and oxygen atoms in total. The van der Waals surface area contributed by atoms with Crippen molar-refractivity contribution in [3.8, 4) is 0 Å². The Kier molecular flexibility index (Phi) is 6.09. The molecule has 1 amide bonds. The number of hydrogen-bond acceptors (Lipinski definition) is 4. The lowest BCUT2D eigenvalue weighted by molar-refractivity contribution is -0.118. The molecule has 0 spiro atoms. The lowest BCUT2D eigenvalue weighted by atomic mass is 10.1. The van der Waals surface area contributed by atoms with Gasteiger partial charge in [-0.1, -0.05) is 30.3 Å². The summed E-state index contributed by atoms with van der Waals surface area (Å²) in [6.45, 7) is 1.27. The van der Waals surface area contributed by atoms with Gasteiger partial charge in [-0.25, -0.2) is 0 Å². The molecule has 0 unspecified atom stereocenters. The summed E-state index contributed by atoms with van der Waals surface area (Å²) in [5, 5.41) is 9.31. The van der Waals surface area contributed by atoms with Crippen LogP contribution < -0.4 is 5.32 Å². The number of benzene rings is 1. The number of nitrogens with one attached hydrogen (secondary N) is 1. The molecule has 0 aliphatic heterocycles. The van der Waals surface area contributed by atoms with Crippen molar-refractivity contribution in [1.82, 2.24) is 15.1 Å². The number of thioether (sulfide) groups is 1. The number of hydrogen-bond donors (Lipinski definition) is 1. The first-order chi connectivity index (χ1) is 11.8. The predicted octanol–water partition coefficient (Wildman–Crippen LogP) is 3.54. The fourth-order valence-electron chi connectivity index (χ4n) is 2.34. The summed E-state index contributed by atoms with van der Waals surface area (Å²) in [4.78, 5) is 13.3. The van der Waals surface area contributed by atoms with Gasteiger partial charge >= 0.3 is 0 Å². The zero-order chi connectivity index (χ0) is 16.6. The maximum Gasteiger partial charge on any atom is 0.230 e. The highest BCUT2D eigenvalue weighted by Gasteiger charge is 2.06. The van der Waals surface area contributed by atoms with E-state index in [4.69, 9.17) is 0 Å². The van der Waals surface area contributed by atoms with Crippen LogP contribution in [0.5, 0.6) is 0 Å². The Hall–Kier alpha value is -2.05. The van der Waals surface area contributed by atoms with E-state index < -0.39 is 0 Å². The van der Waals surface area contributed by atoms with E-state index in [0.29, 0.717) is 18.8 Å². The summed E-state index contributed by atoms with van der Waals surface area (Å²) in [7, 11) is 0. The second kappa shape index (κ2) is 8.70. The quantitative estimate of drug-likeness (QED) is 0.671. The Labute approximate surface area is 149 Å². The molecule has 3 aromatic rings. The van der Waals surface area contributed by atoms with Gasteiger partial charge in [0.15, 0.2) is 0 Å². The van der Waals surface area contributed by atoms with Crippen LogP contribution in [0.3, 0.4) is 0 Å². The van der Waals surface area contributed by atoms with E-state index in [2.05, 4.69) is 34.0 Å². The van der Waals surface area contributed by atoms with Crippen LogP contribution in [0.4, 0.5) is 0 Å². The van der Waals surface area contributed by atoms with Crippen molar-refractivity contribution >= 4 is 29.0 Å². The van der Waals surface area contributed by atoms with Crippen molar-refractivity contribution in [2.24, 2.45) is 0 Å². The number of aromatic nitrogens is 2. The number of amides is 1. The summed E-state index contributed by atoms with van der Waals surface area (Å²) in [5.41, 5.74) is 2.30. The molecule has 0 atom stereocenters. The average molecular weight is 358 g/mol. The highest BCUT2D eigenvalue weighted by atomic mass is 32.2. The summed E-state index contributed by atoms with van der Waals surface area (Å²) in [5.74, 6) is 1.45. The summed E-state index contributed by atoms with van der Waals surface area (Å²) >= 11 is 3.37. The van der Waals surface area contributed by atoms with Gasteiger partial charge in [0.2, 0.25) is 5.91 Å². The van der Waals surface area contributed by atoms with Crippen molar-refractivity contribution < 1.29 is 4.79 Å². The van der Waals surface area contributed by atoms with E-state index in [1.165, 1.54) is 10.4 Å². The zero-order valence-corrected chi connectivity index (χ0v) is 14.9. The molecule has 124 valence electrons. The van der Waals surface area contributed by atoms with Crippen LogP contribution in [0.2, 0.25) is 0 Å². The number of carbonyl (C=O) groups excluding carboxylic acids is 1. The van der Waals surface area contributed by atoms with Crippen LogP contribution in [-0.2, 0) is 23.6 Å². The van der Waals surface area contributed by atoms with Crippen molar-refractivity contribution in [1.29, 1.82) is 0 Å². The first kappa shape index (κ1) is 16.8. The molecule has 3 rings (SSSR count). The first-order valence-corrected chi connectivity index (χ1v) is 9.76. The monoisotopic (exact) mass is 357 g/mol. The van der Waals surface area contributed by atoms with Gasteiger partial charge in [-0.2, -0.15) is 5.10 Å². The van der Waals surface area contributed by atoms with Crippen LogP contribution >= 0.6 is 23.1 Å². The SMILES string of the molecule is O=C(CSCc1cccs1)NCc1ccccc1Cn1cccn1.